The van der Waals surface area contributed by atoms with Gasteiger partial charge in [-0.3, -0.25) is 9.89 Å². The molecule has 2 unspecified atom stereocenters. The van der Waals surface area contributed by atoms with Crippen molar-refractivity contribution in [3.05, 3.63) is 36.1 Å². The minimum Gasteiger partial charge on any atom is -0.461 e. The molecule has 0 spiro atoms. The molecule has 1 fully saturated rings. The Labute approximate surface area is 173 Å². The van der Waals surface area contributed by atoms with Crippen molar-refractivity contribution in [1.82, 2.24) is 15.5 Å². The molecule has 0 amide bonds. The molecule has 0 aliphatic carbocycles. The molecule has 26 heavy (non-hydrogen) atoms. The van der Waals surface area contributed by atoms with E-state index in [1.165, 1.54) is 0 Å². The predicted octanol–water partition coefficient (Wildman–Crippen LogP) is 3.49. The summed E-state index contributed by atoms with van der Waals surface area (Å²) in [5.74, 6) is 2.50. The average Bonchev–Trinajstić information content (AvgIpc) is 3.17. The normalized spacial score (nSPS) is 21.2. The van der Waals surface area contributed by atoms with Crippen molar-refractivity contribution in [1.29, 1.82) is 0 Å². The van der Waals surface area contributed by atoms with Crippen molar-refractivity contribution >= 4 is 40.9 Å². The number of nitrogens with zero attached hydrogens (tertiary/aromatic N) is 2. The molecule has 144 valence electrons. The second-order valence-corrected chi connectivity index (χ2v) is 7.28. The molecule has 2 N–H and O–H groups in total. The topological polar surface area (TPSA) is 52.8 Å². The standard InChI is InChI=1S/C20H30N4O.HI/c1-14(2)24-12-15(3)18(13-24)23-20(21-4)22-10-9-17-11-16-7-5-6-8-19(16)25-17;/h5-8,11,14-15,18H,9-10,12-13H2,1-4H3,(H2,21,22,23);1H. The van der Waals surface area contributed by atoms with E-state index in [9.17, 15) is 0 Å². The molecule has 2 atom stereocenters. The number of halogens is 1. The Balaban J connectivity index is 0.00000243. The Bertz CT molecular complexity index is 694. The summed E-state index contributed by atoms with van der Waals surface area (Å²) in [5, 5.41) is 8.15. The monoisotopic (exact) mass is 470 g/mol. The zero-order valence-corrected chi connectivity index (χ0v) is 18.5. The second kappa shape index (κ2) is 9.60. The Hall–Kier alpha value is -1.28. The van der Waals surface area contributed by atoms with Gasteiger partial charge in [-0.05, 0) is 31.9 Å². The van der Waals surface area contributed by atoms with Gasteiger partial charge in [-0.15, -0.1) is 24.0 Å². The number of rotatable bonds is 5. The number of nitrogens with one attached hydrogen (secondary N) is 2. The van der Waals surface area contributed by atoms with Gasteiger partial charge in [0.25, 0.3) is 0 Å². The molecule has 6 heteroatoms. The van der Waals surface area contributed by atoms with Crippen LogP contribution in [-0.4, -0.2) is 49.6 Å². The number of benzene rings is 1. The first-order valence-electron chi connectivity index (χ1n) is 9.25. The minimum atomic E-state index is 0. The van der Waals surface area contributed by atoms with Crippen LogP contribution in [0.25, 0.3) is 11.0 Å². The van der Waals surface area contributed by atoms with Crippen molar-refractivity contribution in [3.63, 3.8) is 0 Å². The lowest BCUT2D eigenvalue weighted by Gasteiger charge is -2.21. The van der Waals surface area contributed by atoms with E-state index in [4.69, 9.17) is 4.42 Å². The highest BCUT2D eigenvalue weighted by Gasteiger charge is 2.31. The van der Waals surface area contributed by atoms with Gasteiger partial charge in [0.15, 0.2) is 5.96 Å². The van der Waals surface area contributed by atoms with Gasteiger partial charge in [0.2, 0.25) is 0 Å². The molecule has 1 aliphatic heterocycles. The summed E-state index contributed by atoms with van der Waals surface area (Å²) in [6.07, 6.45) is 0.841. The van der Waals surface area contributed by atoms with Crippen LogP contribution in [0.3, 0.4) is 0 Å². The molecule has 0 bridgehead atoms. The second-order valence-electron chi connectivity index (χ2n) is 7.28. The molecule has 0 saturated carbocycles. The van der Waals surface area contributed by atoms with Crippen LogP contribution in [-0.2, 0) is 6.42 Å². The van der Waals surface area contributed by atoms with E-state index >= 15 is 0 Å². The summed E-state index contributed by atoms with van der Waals surface area (Å²) in [6, 6.07) is 11.3. The van der Waals surface area contributed by atoms with Gasteiger partial charge in [-0.25, -0.2) is 0 Å². The molecule has 5 nitrogen and oxygen atoms in total. The van der Waals surface area contributed by atoms with E-state index in [2.05, 4.69) is 53.4 Å². The van der Waals surface area contributed by atoms with Gasteiger partial charge in [0.05, 0.1) is 0 Å². The molecule has 2 aromatic rings. The maximum Gasteiger partial charge on any atom is 0.191 e. The van der Waals surface area contributed by atoms with Crippen LogP contribution in [0, 0.1) is 5.92 Å². The van der Waals surface area contributed by atoms with Crippen molar-refractivity contribution in [3.8, 4) is 0 Å². The molecule has 1 aliphatic rings. The van der Waals surface area contributed by atoms with Gasteiger partial charge < -0.3 is 15.1 Å². The third-order valence-electron chi connectivity index (χ3n) is 5.06. The summed E-state index contributed by atoms with van der Waals surface area (Å²) >= 11 is 0. The Kier molecular flexibility index (Phi) is 7.76. The largest absolute Gasteiger partial charge is 0.461 e. The van der Waals surface area contributed by atoms with Crippen LogP contribution in [0.15, 0.2) is 39.7 Å². The van der Waals surface area contributed by atoms with Crippen LogP contribution in [0.1, 0.15) is 26.5 Å². The lowest BCUT2D eigenvalue weighted by atomic mass is 10.1. The first kappa shape index (κ1) is 21.0. The van der Waals surface area contributed by atoms with Crippen LogP contribution in [0.4, 0.5) is 0 Å². The van der Waals surface area contributed by atoms with Gasteiger partial charge >= 0.3 is 0 Å². The smallest absolute Gasteiger partial charge is 0.191 e. The number of aliphatic imine (C=N–C) groups is 1. The highest BCUT2D eigenvalue weighted by atomic mass is 127. The van der Waals surface area contributed by atoms with Gasteiger partial charge in [0.1, 0.15) is 11.3 Å². The number of guanidine groups is 1. The first-order chi connectivity index (χ1) is 12.1. The Morgan fingerprint density at radius 2 is 2.08 bits per heavy atom. The average molecular weight is 470 g/mol. The van der Waals surface area contributed by atoms with E-state index in [0.29, 0.717) is 18.0 Å². The van der Waals surface area contributed by atoms with Gasteiger partial charge in [0, 0.05) is 50.6 Å². The zero-order valence-electron chi connectivity index (χ0n) is 16.2. The van der Waals surface area contributed by atoms with Crippen LogP contribution in [0.2, 0.25) is 0 Å². The van der Waals surface area contributed by atoms with Crippen molar-refractivity contribution < 1.29 is 4.42 Å². The van der Waals surface area contributed by atoms with E-state index < -0.39 is 0 Å². The summed E-state index contributed by atoms with van der Waals surface area (Å²) in [6.45, 7) is 9.84. The lowest BCUT2D eigenvalue weighted by Crippen LogP contribution is -2.47. The fraction of sp³-hybridized carbons (Fsp3) is 0.550. The maximum absolute atomic E-state index is 5.87. The minimum absolute atomic E-state index is 0. The molecule has 1 aromatic carbocycles. The highest BCUT2D eigenvalue weighted by molar-refractivity contribution is 14.0. The van der Waals surface area contributed by atoms with Crippen LogP contribution >= 0.6 is 24.0 Å². The summed E-state index contributed by atoms with van der Waals surface area (Å²) in [4.78, 5) is 6.89. The van der Waals surface area contributed by atoms with Crippen LogP contribution < -0.4 is 10.6 Å². The Morgan fingerprint density at radius 1 is 1.31 bits per heavy atom. The number of hydrogen-bond donors (Lipinski definition) is 2. The van der Waals surface area contributed by atoms with Crippen LogP contribution in [0.5, 0.6) is 0 Å². The molecule has 3 rings (SSSR count). The maximum atomic E-state index is 5.87. The number of likely N-dealkylation sites (tertiary alicyclic amines) is 1. The van der Waals surface area contributed by atoms with E-state index in [1.807, 2.05) is 25.2 Å². The highest BCUT2D eigenvalue weighted by Crippen LogP contribution is 2.19. The van der Waals surface area contributed by atoms with E-state index in [-0.39, 0.29) is 24.0 Å². The molecular weight excluding hydrogens is 439 g/mol. The molecule has 1 aromatic heterocycles. The third kappa shape index (κ3) is 5.13. The fourth-order valence-corrected chi connectivity index (χ4v) is 3.45. The quantitative estimate of drug-likeness (QED) is 0.399. The van der Waals surface area contributed by atoms with Crippen molar-refractivity contribution in [2.24, 2.45) is 10.9 Å². The zero-order chi connectivity index (χ0) is 17.8. The summed E-state index contributed by atoms with van der Waals surface area (Å²) in [5.41, 5.74) is 0.952. The molecular formula is C20H31IN4O. The molecule has 2 heterocycles. The van der Waals surface area contributed by atoms with E-state index in [1.54, 1.807) is 0 Å². The van der Waals surface area contributed by atoms with Gasteiger partial charge in [-0.1, -0.05) is 25.1 Å². The fourth-order valence-electron chi connectivity index (χ4n) is 3.45. The first-order valence-corrected chi connectivity index (χ1v) is 9.25. The van der Waals surface area contributed by atoms with Crippen molar-refractivity contribution in [2.75, 3.05) is 26.7 Å². The van der Waals surface area contributed by atoms with Crippen molar-refractivity contribution in [2.45, 2.75) is 39.3 Å². The summed E-state index contributed by atoms with van der Waals surface area (Å²) in [7, 11) is 1.83. The number of furan rings is 1. The number of fused-ring (bicyclic) bond motifs is 1. The Morgan fingerprint density at radius 3 is 2.73 bits per heavy atom. The molecule has 1 saturated heterocycles. The predicted molar refractivity (Wildman–Crippen MR) is 119 cm³/mol. The molecule has 0 radical (unpaired) electrons. The third-order valence-corrected chi connectivity index (χ3v) is 5.06. The SMILES string of the molecule is CN=C(NCCc1cc2ccccc2o1)NC1CN(C(C)C)CC1C.I. The van der Waals surface area contributed by atoms with Gasteiger partial charge in [-0.2, -0.15) is 0 Å². The lowest BCUT2D eigenvalue weighted by molar-refractivity contribution is 0.265. The number of para-hydroxylation sites is 1. The summed E-state index contributed by atoms with van der Waals surface area (Å²) < 4.78 is 5.87. The number of hydrogen-bond acceptors (Lipinski definition) is 3. The van der Waals surface area contributed by atoms with E-state index in [0.717, 1.165) is 48.7 Å².